The van der Waals surface area contributed by atoms with Crippen LogP contribution in [-0.4, -0.2) is 17.4 Å². The van der Waals surface area contributed by atoms with E-state index in [0.29, 0.717) is 0 Å². The van der Waals surface area contributed by atoms with Gasteiger partial charge in [0.1, 0.15) is 0 Å². The molecular weight excluding hydrogens is 480 g/mol. The van der Waals surface area contributed by atoms with Gasteiger partial charge in [0.25, 0.3) is 0 Å². The standard InChI is InChI=1S/C23H23N3.3ClH.Fe/c1-16-8-5-9-17(2)22(16)24-14-20-12-7-13-21(26-20)15-25-23-18(3)10-6-11-19(23)4;;;;/h5-15H,1-4H3;3*1H;/q;;;;+3/p-3. The van der Waals surface area contributed by atoms with Crippen LogP contribution in [0, 0.1) is 27.7 Å². The quantitative estimate of drug-likeness (QED) is 0.274. The van der Waals surface area contributed by atoms with Crippen LogP contribution in [0.3, 0.4) is 0 Å². The van der Waals surface area contributed by atoms with Crippen molar-refractivity contribution in [1.82, 2.24) is 4.98 Å². The summed E-state index contributed by atoms with van der Waals surface area (Å²) in [6, 6.07) is 18.3. The maximum Gasteiger partial charge on any atom is 3.00 e. The zero-order valence-electron chi connectivity index (χ0n) is 17.2. The molecule has 2 aromatic carbocycles. The topological polar surface area (TPSA) is 37.6 Å². The summed E-state index contributed by atoms with van der Waals surface area (Å²) in [5.74, 6) is 0. The molecule has 1 radical (unpaired) electrons. The third-order valence-electron chi connectivity index (χ3n) is 4.32. The van der Waals surface area contributed by atoms with Gasteiger partial charge in [-0.15, -0.1) is 0 Å². The third kappa shape index (κ3) is 7.86. The summed E-state index contributed by atoms with van der Waals surface area (Å²) < 4.78 is 0. The molecule has 0 bridgehead atoms. The van der Waals surface area contributed by atoms with E-state index >= 15 is 0 Å². The first-order chi connectivity index (χ1) is 12.5. The molecule has 0 saturated heterocycles. The minimum absolute atomic E-state index is 0. The summed E-state index contributed by atoms with van der Waals surface area (Å²) in [6.07, 6.45) is 3.62. The first kappa shape index (κ1) is 30.5. The van der Waals surface area contributed by atoms with Crippen molar-refractivity contribution in [2.75, 3.05) is 0 Å². The zero-order valence-corrected chi connectivity index (χ0v) is 20.6. The fourth-order valence-corrected chi connectivity index (χ4v) is 2.89. The smallest absolute Gasteiger partial charge is 1.00 e. The Hall–Kier alpha value is -1.68. The molecule has 0 aliphatic heterocycles. The minimum atomic E-state index is 0. The first-order valence-corrected chi connectivity index (χ1v) is 8.72. The minimum Gasteiger partial charge on any atom is -1.00 e. The third-order valence-corrected chi connectivity index (χ3v) is 4.32. The van der Waals surface area contributed by atoms with E-state index in [4.69, 9.17) is 0 Å². The van der Waals surface area contributed by atoms with Crippen LogP contribution in [0.25, 0.3) is 0 Å². The maximum atomic E-state index is 4.63. The SMILES string of the molecule is Cc1cccc(C)c1N=Cc1cccc(C=Nc2c(C)cccc2C)n1.[Cl-].[Cl-].[Cl-].[Fe+3]. The number of pyridine rings is 1. The van der Waals surface area contributed by atoms with E-state index in [0.717, 1.165) is 45.0 Å². The Morgan fingerprint density at radius 1 is 0.567 bits per heavy atom. The molecule has 0 N–H and O–H groups in total. The van der Waals surface area contributed by atoms with Crippen molar-refractivity contribution in [2.45, 2.75) is 27.7 Å². The molecular formula is C23H23Cl3FeN3. The Morgan fingerprint density at radius 3 is 1.20 bits per heavy atom. The maximum absolute atomic E-state index is 4.63. The number of benzene rings is 2. The van der Waals surface area contributed by atoms with Gasteiger partial charge >= 0.3 is 17.1 Å². The second-order valence-corrected chi connectivity index (χ2v) is 6.48. The molecule has 1 aromatic heterocycles. The number of aromatic nitrogens is 1. The van der Waals surface area contributed by atoms with Gasteiger partial charge in [-0.25, -0.2) is 4.98 Å². The molecule has 0 unspecified atom stereocenters. The van der Waals surface area contributed by atoms with Crippen LogP contribution in [0.4, 0.5) is 11.4 Å². The summed E-state index contributed by atoms with van der Waals surface area (Å²) >= 11 is 0. The van der Waals surface area contributed by atoms with Crippen molar-refractivity contribution < 1.29 is 54.3 Å². The van der Waals surface area contributed by atoms with Gasteiger partial charge in [0.15, 0.2) is 0 Å². The number of hydrogen-bond donors (Lipinski definition) is 0. The largest absolute Gasteiger partial charge is 3.00 e. The van der Waals surface area contributed by atoms with Crippen LogP contribution >= 0.6 is 0 Å². The molecule has 3 aromatic rings. The van der Waals surface area contributed by atoms with Gasteiger partial charge in [0, 0.05) is 0 Å². The van der Waals surface area contributed by atoms with E-state index in [-0.39, 0.29) is 54.3 Å². The van der Waals surface area contributed by atoms with Crippen molar-refractivity contribution >= 4 is 23.8 Å². The second-order valence-electron chi connectivity index (χ2n) is 6.48. The number of para-hydroxylation sites is 2. The Bertz CT molecular complexity index is 887. The van der Waals surface area contributed by atoms with Gasteiger partial charge < -0.3 is 37.2 Å². The van der Waals surface area contributed by atoms with E-state index < -0.39 is 0 Å². The van der Waals surface area contributed by atoms with Crippen LogP contribution in [0.5, 0.6) is 0 Å². The van der Waals surface area contributed by atoms with Crippen LogP contribution in [0.2, 0.25) is 0 Å². The predicted molar refractivity (Wildman–Crippen MR) is 111 cm³/mol. The van der Waals surface area contributed by atoms with Gasteiger partial charge in [0.2, 0.25) is 0 Å². The van der Waals surface area contributed by atoms with Gasteiger partial charge in [-0.3, -0.25) is 9.98 Å². The monoisotopic (exact) mass is 502 g/mol. The number of nitrogens with zero attached hydrogens (tertiary/aromatic N) is 3. The molecule has 3 nitrogen and oxygen atoms in total. The van der Waals surface area contributed by atoms with Crippen LogP contribution in [0.1, 0.15) is 33.6 Å². The van der Waals surface area contributed by atoms with Gasteiger partial charge in [-0.05, 0) is 62.1 Å². The zero-order chi connectivity index (χ0) is 18.5. The van der Waals surface area contributed by atoms with Crippen molar-refractivity contribution in [3.63, 3.8) is 0 Å². The molecule has 3 rings (SSSR count). The van der Waals surface area contributed by atoms with Crippen molar-refractivity contribution in [3.05, 3.63) is 88.2 Å². The molecule has 0 atom stereocenters. The van der Waals surface area contributed by atoms with Crippen LogP contribution in [0.15, 0.2) is 64.6 Å². The Morgan fingerprint density at radius 2 is 0.867 bits per heavy atom. The Kier molecular flexibility index (Phi) is 14.6. The van der Waals surface area contributed by atoms with Crippen molar-refractivity contribution in [3.8, 4) is 0 Å². The number of rotatable bonds is 4. The van der Waals surface area contributed by atoms with Crippen molar-refractivity contribution in [2.24, 2.45) is 9.98 Å². The molecule has 30 heavy (non-hydrogen) atoms. The van der Waals surface area contributed by atoms with Gasteiger partial charge in [0.05, 0.1) is 35.2 Å². The van der Waals surface area contributed by atoms with E-state index in [1.165, 1.54) is 0 Å². The number of hydrogen-bond acceptors (Lipinski definition) is 3. The fourth-order valence-electron chi connectivity index (χ4n) is 2.89. The fraction of sp³-hybridized carbons (Fsp3) is 0.174. The van der Waals surface area contributed by atoms with E-state index in [1.807, 2.05) is 42.8 Å². The summed E-state index contributed by atoms with van der Waals surface area (Å²) in [7, 11) is 0. The molecule has 0 amide bonds. The molecule has 0 aliphatic rings. The normalized spacial score (nSPS) is 10.0. The molecule has 0 saturated carbocycles. The number of aryl methyl sites for hydroxylation is 4. The molecule has 159 valence electrons. The van der Waals surface area contributed by atoms with Crippen LogP contribution in [-0.2, 0) is 17.1 Å². The summed E-state index contributed by atoms with van der Waals surface area (Å²) in [6.45, 7) is 8.28. The van der Waals surface area contributed by atoms with Gasteiger partial charge in [-0.2, -0.15) is 0 Å². The summed E-state index contributed by atoms with van der Waals surface area (Å²) in [4.78, 5) is 13.9. The number of halogens is 3. The van der Waals surface area contributed by atoms with Crippen LogP contribution < -0.4 is 37.2 Å². The Labute approximate surface area is 208 Å². The molecule has 0 fully saturated rings. The molecule has 7 heteroatoms. The molecule has 0 aliphatic carbocycles. The average Bonchev–Trinajstić information content (AvgIpc) is 2.61. The molecule has 0 spiro atoms. The predicted octanol–water partition coefficient (Wildman–Crippen LogP) is -3.17. The summed E-state index contributed by atoms with van der Waals surface area (Å²) in [5.41, 5.74) is 8.29. The number of aliphatic imine (C=N–C) groups is 2. The van der Waals surface area contributed by atoms with Crippen molar-refractivity contribution in [1.29, 1.82) is 0 Å². The average molecular weight is 504 g/mol. The van der Waals surface area contributed by atoms with E-state index in [9.17, 15) is 0 Å². The molecule has 1 heterocycles. The Balaban J connectivity index is 0. The second kappa shape index (κ2) is 14.3. The first-order valence-electron chi connectivity index (χ1n) is 8.72. The van der Waals surface area contributed by atoms with Gasteiger partial charge in [-0.1, -0.05) is 42.5 Å². The van der Waals surface area contributed by atoms with E-state index in [1.54, 1.807) is 0 Å². The van der Waals surface area contributed by atoms with E-state index in [2.05, 4.69) is 66.9 Å². The summed E-state index contributed by atoms with van der Waals surface area (Å²) in [5, 5.41) is 0.